The van der Waals surface area contributed by atoms with Crippen LogP contribution in [0.1, 0.15) is 28.7 Å². The van der Waals surface area contributed by atoms with Crippen LogP contribution in [0.25, 0.3) is 6.08 Å². The summed E-state index contributed by atoms with van der Waals surface area (Å²) in [4.78, 5) is 0. The first-order valence-electron chi connectivity index (χ1n) is 4.96. The second kappa shape index (κ2) is 2.38. The predicted octanol–water partition coefficient (Wildman–Crippen LogP) is 2.33. The van der Waals surface area contributed by atoms with Gasteiger partial charge in [0, 0.05) is 5.69 Å². The van der Waals surface area contributed by atoms with Crippen molar-refractivity contribution in [3.05, 3.63) is 34.4 Å². The molecule has 1 nitrogen and oxygen atoms in total. The molecule has 3 rings (SSSR count). The lowest BCUT2D eigenvalue weighted by Crippen LogP contribution is -1.99. The molecular formula is C12H13N. The molecule has 0 aliphatic heterocycles. The first-order chi connectivity index (χ1) is 6.36. The van der Waals surface area contributed by atoms with E-state index in [4.69, 9.17) is 5.73 Å². The van der Waals surface area contributed by atoms with Crippen molar-refractivity contribution in [1.29, 1.82) is 0 Å². The number of nitrogen functional groups attached to an aromatic ring is 1. The molecule has 0 radical (unpaired) electrons. The highest BCUT2D eigenvalue weighted by Crippen LogP contribution is 2.35. The fourth-order valence-electron chi connectivity index (χ4n) is 2.53. The number of nitrogens with two attached hydrogens (primary N) is 1. The van der Waals surface area contributed by atoms with Gasteiger partial charge in [0.1, 0.15) is 0 Å². The number of benzene rings is 1. The largest absolute Gasteiger partial charge is 0.398 e. The highest BCUT2D eigenvalue weighted by Gasteiger charge is 2.19. The van der Waals surface area contributed by atoms with Crippen LogP contribution in [-0.2, 0) is 19.3 Å². The van der Waals surface area contributed by atoms with E-state index in [-0.39, 0.29) is 0 Å². The van der Waals surface area contributed by atoms with Crippen LogP contribution in [0, 0.1) is 0 Å². The Kier molecular flexibility index (Phi) is 1.32. The van der Waals surface area contributed by atoms with Crippen molar-refractivity contribution in [2.45, 2.75) is 25.7 Å². The zero-order chi connectivity index (χ0) is 8.84. The van der Waals surface area contributed by atoms with Crippen LogP contribution in [0.15, 0.2) is 12.1 Å². The summed E-state index contributed by atoms with van der Waals surface area (Å²) in [6.07, 6.45) is 9.14. The third-order valence-corrected chi connectivity index (χ3v) is 3.21. The Balaban J connectivity index is 2.30. The molecule has 0 saturated carbocycles. The molecule has 2 aliphatic rings. The Morgan fingerprint density at radius 2 is 2.08 bits per heavy atom. The van der Waals surface area contributed by atoms with Crippen LogP contribution < -0.4 is 5.73 Å². The van der Waals surface area contributed by atoms with E-state index in [9.17, 15) is 0 Å². The maximum absolute atomic E-state index is 6.15. The lowest BCUT2D eigenvalue weighted by molar-refractivity contribution is 0.912. The van der Waals surface area contributed by atoms with Gasteiger partial charge < -0.3 is 5.73 Å². The van der Waals surface area contributed by atoms with E-state index in [1.165, 1.54) is 41.5 Å². The molecule has 1 heteroatoms. The normalized spacial score (nSPS) is 17.5. The van der Waals surface area contributed by atoms with Crippen molar-refractivity contribution < 1.29 is 0 Å². The van der Waals surface area contributed by atoms with Crippen LogP contribution >= 0.6 is 0 Å². The Morgan fingerprint density at radius 3 is 3.00 bits per heavy atom. The maximum atomic E-state index is 6.15. The van der Waals surface area contributed by atoms with Gasteiger partial charge in [-0.15, -0.1) is 0 Å². The molecule has 0 atom stereocenters. The number of aryl methyl sites for hydroxylation is 1. The van der Waals surface area contributed by atoms with Crippen LogP contribution in [0.4, 0.5) is 5.69 Å². The minimum atomic E-state index is 1.04. The van der Waals surface area contributed by atoms with Crippen LogP contribution in [0.5, 0.6) is 0 Å². The minimum absolute atomic E-state index is 1.04. The van der Waals surface area contributed by atoms with E-state index < -0.39 is 0 Å². The quantitative estimate of drug-likeness (QED) is 0.596. The zero-order valence-electron chi connectivity index (χ0n) is 7.64. The lowest BCUT2D eigenvalue weighted by atomic mass is 9.99. The van der Waals surface area contributed by atoms with E-state index in [0.717, 1.165) is 12.1 Å². The number of allylic oxidation sites excluding steroid dienone is 1. The first-order valence-corrected chi connectivity index (χ1v) is 4.96. The number of hydrogen-bond donors (Lipinski definition) is 1. The van der Waals surface area contributed by atoms with E-state index in [2.05, 4.69) is 18.2 Å². The van der Waals surface area contributed by atoms with Crippen molar-refractivity contribution >= 4 is 11.8 Å². The summed E-state index contributed by atoms with van der Waals surface area (Å²) in [5, 5.41) is 0. The molecule has 0 bridgehead atoms. The molecule has 0 heterocycles. The standard InChI is InChI=1S/C12H13N/c13-12-10-5-1-3-8(10)7-9-4-2-6-11(9)12/h1,3,7H,2,4-6,13H2. The molecule has 0 spiro atoms. The molecule has 0 unspecified atom stereocenters. The van der Waals surface area contributed by atoms with Gasteiger partial charge in [0.15, 0.2) is 0 Å². The minimum Gasteiger partial charge on any atom is -0.398 e. The Labute approximate surface area is 78.3 Å². The third-order valence-electron chi connectivity index (χ3n) is 3.21. The summed E-state index contributed by atoms with van der Waals surface area (Å²) < 4.78 is 0. The maximum Gasteiger partial charge on any atom is 0.0391 e. The monoisotopic (exact) mass is 171 g/mol. The van der Waals surface area contributed by atoms with Gasteiger partial charge in [0.2, 0.25) is 0 Å². The molecular weight excluding hydrogens is 158 g/mol. The van der Waals surface area contributed by atoms with Crippen LogP contribution in [0.3, 0.4) is 0 Å². The third kappa shape index (κ3) is 0.873. The summed E-state index contributed by atoms with van der Waals surface area (Å²) >= 11 is 0. The summed E-state index contributed by atoms with van der Waals surface area (Å²) in [5.41, 5.74) is 12.9. The summed E-state index contributed by atoms with van der Waals surface area (Å²) in [6, 6.07) is 2.33. The van der Waals surface area contributed by atoms with Gasteiger partial charge in [-0.3, -0.25) is 0 Å². The molecule has 0 fully saturated rings. The molecule has 66 valence electrons. The fraction of sp³-hybridized carbons (Fsp3) is 0.333. The van der Waals surface area contributed by atoms with Gasteiger partial charge in [0.25, 0.3) is 0 Å². The zero-order valence-corrected chi connectivity index (χ0v) is 7.64. The summed E-state index contributed by atoms with van der Waals surface area (Å²) in [5.74, 6) is 0. The molecule has 1 aromatic carbocycles. The van der Waals surface area contributed by atoms with Gasteiger partial charge in [-0.05, 0) is 47.9 Å². The van der Waals surface area contributed by atoms with Crippen molar-refractivity contribution in [2.75, 3.05) is 5.73 Å². The number of hydrogen-bond acceptors (Lipinski definition) is 1. The lowest BCUT2D eigenvalue weighted by Gasteiger charge is -2.09. The second-order valence-electron chi connectivity index (χ2n) is 3.96. The average Bonchev–Trinajstić information content (AvgIpc) is 2.71. The van der Waals surface area contributed by atoms with E-state index in [1.54, 1.807) is 0 Å². The van der Waals surface area contributed by atoms with E-state index >= 15 is 0 Å². The molecule has 2 N–H and O–H groups in total. The van der Waals surface area contributed by atoms with Crippen molar-refractivity contribution in [2.24, 2.45) is 0 Å². The van der Waals surface area contributed by atoms with E-state index in [0.29, 0.717) is 0 Å². The summed E-state index contributed by atoms with van der Waals surface area (Å²) in [7, 11) is 0. The summed E-state index contributed by atoms with van der Waals surface area (Å²) in [6.45, 7) is 0. The number of fused-ring (bicyclic) bond motifs is 2. The Morgan fingerprint density at radius 1 is 1.15 bits per heavy atom. The van der Waals surface area contributed by atoms with Crippen molar-refractivity contribution in [1.82, 2.24) is 0 Å². The van der Waals surface area contributed by atoms with E-state index in [1.807, 2.05) is 0 Å². The molecule has 1 aromatic rings. The van der Waals surface area contributed by atoms with Gasteiger partial charge >= 0.3 is 0 Å². The smallest absolute Gasteiger partial charge is 0.0391 e. The van der Waals surface area contributed by atoms with Gasteiger partial charge in [0.05, 0.1) is 0 Å². The Bertz CT molecular complexity index is 398. The highest BCUT2D eigenvalue weighted by atomic mass is 14.6. The molecule has 2 aliphatic carbocycles. The second-order valence-corrected chi connectivity index (χ2v) is 3.96. The predicted molar refractivity (Wildman–Crippen MR) is 55.6 cm³/mol. The number of rotatable bonds is 0. The topological polar surface area (TPSA) is 26.0 Å². The molecule has 0 aromatic heterocycles. The molecule has 13 heavy (non-hydrogen) atoms. The fourth-order valence-corrected chi connectivity index (χ4v) is 2.53. The molecule has 0 saturated heterocycles. The van der Waals surface area contributed by atoms with Gasteiger partial charge in [-0.25, -0.2) is 0 Å². The number of anilines is 1. The van der Waals surface area contributed by atoms with Gasteiger partial charge in [-0.2, -0.15) is 0 Å². The SMILES string of the molecule is Nc1c2c(cc3c1CCC3)C=CC2. The highest BCUT2D eigenvalue weighted by molar-refractivity contribution is 5.72. The van der Waals surface area contributed by atoms with Crippen LogP contribution in [0.2, 0.25) is 0 Å². The van der Waals surface area contributed by atoms with Crippen LogP contribution in [-0.4, -0.2) is 0 Å². The Hall–Kier alpha value is -1.24. The van der Waals surface area contributed by atoms with Crippen molar-refractivity contribution in [3.63, 3.8) is 0 Å². The average molecular weight is 171 g/mol. The molecule has 0 amide bonds. The van der Waals surface area contributed by atoms with Crippen molar-refractivity contribution in [3.8, 4) is 0 Å². The van der Waals surface area contributed by atoms with Gasteiger partial charge in [-0.1, -0.05) is 18.2 Å². The first kappa shape index (κ1) is 7.19.